The first-order valence-corrected chi connectivity index (χ1v) is 10.5. The molecule has 1 aromatic carbocycles. The van der Waals surface area contributed by atoms with Gasteiger partial charge in [0.05, 0.1) is 30.2 Å². The first kappa shape index (κ1) is 24.3. The number of piperidine rings is 1. The molecule has 0 radical (unpaired) electrons. The first-order chi connectivity index (χ1) is 14.0. The van der Waals surface area contributed by atoms with Crippen LogP contribution >= 0.6 is 12.4 Å². The Kier molecular flexibility index (Phi) is 8.78. The van der Waals surface area contributed by atoms with Crippen molar-refractivity contribution in [3.05, 3.63) is 23.8 Å². The predicted octanol–water partition coefficient (Wildman–Crippen LogP) is 3.58. The molecule has 2 fully saturated rings. The van der Waals surface area contributed by atoms with Gasteiger partial charge in [0.15, 0.2) is 11.5 Å². The zero-order chi connectivity index (χ0) is 20.9. The monoisotopic (exact) mass is 437 g/mol. The van der Waals surface area contributed by atoms with E-state index in [0.717, 1.165) is 29.9 Å². The number of amides is 1. The Morgan fingerprint density at radius 2 is 1.97 bits per heavy atom. The van der Waals surface area contributed by atoms with E-state index in [1.165, 1.54) is 12.8 Å². The zero-order valence-corrected chi connectivity index (χ0v) is 18.5. The average Bonchev–Trinajstić information content (AvgIpc) is 3.23. The number of nitriles is 1. The summed E-state index contributed by atoms with van der Waals surface area (Å²) >= 11 is 0. The molecule has 2 aliphatic rings. The lowest BCUT2D eigenvalue weighted by Gasteiger charge is -2.37. The largest absolute Gasteiger partial charge is 0.487 e. The van der Waals surface area contributed by atoms with Gasteiger partial charge in [-0.15, -0.1) is 12.4 Å². The Hall–Kier alpha value is -2.01. The van der Waals surface area contributed by atoms with E-state index in [2.05, 4.69) is 6.07 Å². The quantitative estimate of drug-likeness (QED) is 0.500. The number of likely N-dealkylation sites (tertiary alicyclic amines) is 1. The van der Waals surface area contributed by atoms with E-state index in [1.807, 2.05) is 36.9 Å². The third-order valence-corrected chi connectivity index (χ3v) is 5.87. The van der Waals surface area contributed by atoms with E-state index in [9.17, 15) is 10.1 Å². The number of benzene rings is 1. The molecule has 3 rings (SSSR count). The molecule has 1 heterocycles. The van der Waals surface area contributed by atoms with E-state index in [-0.39, 0.29) is 31.2 Å². The molecular formula is C22H32ClN3O4. The summed E-state index contributed by atoms with van der Waals surface area (Å²) < 4.78 is 12.2. The van der Waals surface area contributed by atoms with Crippen LogP contribution in [-0.4, -0.2) is 47.9 Å². The number of carbonyl (C=O) groups excluding carboxylic acids is 1. The lowest BCUT2D eigenvalue weighted by Crippen LogP contribution is -2.45. The van der Waals surface area contributed by atoms with E-state index in [4.69, 9.17) is 14.7 Å². The molecule has 0 aromatic heterocycles. The molecule has 2 N–H and O–H groups in total. The SMILES string of the molecule is CC(C)Oc1ccc(C2(C#N)CCN(CC(=O)NO)CC2)cc1OC1CCCC1.Cl. The fourth-order valence-electron chi connectivity index (χ4n) is 4.23. The molecule has 7 nitrogen and oxygen atoms in total. The molecule has 30 heavy (non-hydrogen) atoms. The molecule has 0 bridgehead atoms. The van der Waals surface area contributed by atoms with Gasteiger partial charge in [0.25, 0.3) is 5.91 Å². The van der Waals surface area contributed by atoms with Crippen LogP contribution in [0.25, 0.3) is 0 Å². The Labute approximate surface area is 184 Å². The predicted molar refractivity (Wildman–Crippen MR) is 115 cm³/mol. The summed E-state index contributed by atoms with van der Waals surface area (Å²) in [4.78, 5) is 13.4. The van der Waals surface area contributed by atoms with Gasteiger partial charge in [-0.25, -0.2) is 5.48 Å². The Balaban J connectivity index is 0.00000320. The Bertz CT molecular complexity index is 751. The van der Waals surface area contributed by atoms with Crippen LogP contribution in [-0.2, 0) is 10.2 Å². The Morgan fingerprint density at radius 1 is 1.30 bits per heavy atom. The number of nitrogens with zero attached hydrogens (tertiary/aromatic N) is 2. The minimum absolute atomic E-state index is 0. The van der Waals surface area contributed by atoms with Crippen molar-refractivity contribution in [2.45, 2.75) is 70.0 Å². The smallest absolute Gasteiger partial charge is 0.257 e. The third kappa shape index (κ3) is 5.78. The molecular weight excluding hydrogens is 406 g/mol. The van der Waals surface area contributed by atoms with Gasteiger partial charge in [-0.1, -0.05) is 6.07 Å². The molecule has 0 atom stereocenters. The van der Waals surface area contributed by atoms with Crippen LogP contribution in [0.5, 0.6) is 11.5 Å². The van der Waals surface area contributed by atoms with Crippen LogP contribution in [0.1, 0.15) is 57.9 Å². The number of carbonyl (C=O) groups is 1. The summed E-state index contributed by atoms with van der Waals surface area (Å²) in [6.45, 7) is 5.34. The van der Waals surface area contributed by atoms with Gasteiger partial charge in [-0.3, -0.25) is 14.9 Å². The first-order valence-electron chi connectivity index (χ1n) is 10.5. The van der Waals surface area contributed by atoms with Crippen LogP contribution in [0.3, 0.4) is 0 Å². The van der Waals surface area contributed by atoms with Crippen molar-refractivity contribution in [2.24, 2.45) is 0 Å². The van der Waals surface area contributed by atoms with E-state index < -0.39 is 11.3 Å². The van der Waals surface area contributed by atoms with Gasteiger partial charge in [-0.05, 0) is 70.1 Å². The molecule has 1 saturated heterocycles. The van der Waals surface area contributed by atoms with Crippen molar-refractivity contribution in [3.63, 3.8) is 0 Å². The fourth-order valence-corrected chi connectivity index (χ4v) is 4.23. The van der Waals surface area contributed by atoms with Crippen LogP contribution in [0.15, 0.2) is 18.2 Å². The Morgan fingerprint density at radius 3 is 2.53 bits per heavy atom. The highest BCUT2D eigenvalue weighted by molar-refractivity contribution is 5.85. The summed E-state index contributed by atoms with van der Waals surface area (Å²) in [7, 11) is 0. The summed E-state index contributed by atoms with van der Waals surface area (Å²) in [5.74, 6) is 1.01. The standard InChI is InChI=1S/C22H31N3O4.ClH/c1-16(2)28-19-8-7-17(13-20(19)29-18-5-3-4-6-18)22(15-23)9-11-25(12-10-22)14-21(26)24-27;/h7-8,13,16,18,27H,3-6,9-12,14H2,1-2H3,(H,24,26);1H. The molecule has 0 unspecified atom stereocenters. The molecule has 166 valence electrons. The van der Waals surface area contributed by atoms with Crippen LogP contribution in [0.4, 0.5) is 0 Å². The number of hydroxylamine groups is 1. The minimum atomic E-state index is -0.615. The van der Waals surface area contributed by atoms with Crippen molar-refractivity contribution < 1.29 is 19.5 Å². The van der Waals surface area contributed by atoms with Crippen molar-refractivity contribution in [1.82, 2.24) is 10.4 Å². The number of nitrogens with one attached hydrogen (secondary N) is 1. The number of hydrogen-bond acceptors (Lipinski definition) is 6. The van der Waals surface area contributed by atoms with Crippen molar-refractivity contribution in [1.29, 1.82) is 5.26 Å². The summed E-state index contributed by atoms with van der Waals surface area (Å²) in [6, 6.07) is 8.40. The lowest BCUT2D eigenvalue weighted by molar-refractivity contribution is -0.130. The van der Waals surface area contributed by atoms with Crippen LogP contribution in [0, 0.1) is 11.3 Å². The molecule has 1 amide bonds. The van der Waals surface area contributed by atoms with Gasteiger partial charge in [0.2, 0.25) is 0 Å². The van der Waals surface area contributed by atoms with Gasteiger partial charge < -0.3 is 9.47 Å². The van der Waals surface area contributed by atoms with Gasteiger partial charge in [0.1, 0.15) is 0 Å². The number of halogens is 1. The second-order valence-corrected chi connectivity index (χ2v) is 8.36. The minimum Gasteiger partial charge on any atom is -0.487 e. The number of rotatable bonds is 7. The summed E-state index contributed by atoms with van der Waals surface area (Å²) in [6.07, 6.45) is 5.96. The van der Waals surface area contributed by atoms with Crippen molar-refractivity contribution >= 4 is 18.3 Å². The molecule has 1 aromatic rings. The number of ether oxygens (including phenoxy) is 2. The maximum absolute atomic E-state index is 11.4. The summed E-state index contributed by atoms with van der Waals surface area (Å²) in [5.41, 5.74) is 1.99. The van der Waals surface area contributed by atoms with Gasteiger partial charge in [-0.2, -0.15) is 5.26 Å². The molecule has 8 heteroatoms. The molecule has 0 spiro atoms. The lowest BCUT2D eigenvalue weighted by atomic mass is 9.74. The van der Waals surface area contributed by atoms with Crippen molar-refractivity contribution in [3.8, 4) is 17.6 Å². The van der Waals surface area contributed by atoms with Gasteiger partial charge in [0, 0.05) is 13.1 Å². The highest BCUT2D eigenvalue weighted by Gasteiger charge is 2.37. The molecule has 1 aliphatic heterocycles. The number of hydrogen-bond donors (Lipinski definition) is 2. The third-order valence-electron chi connectivity index (χ3n) is 5.87. The zero-order valence-electron chi connectivity index (χ0n) is 17.7. The normalized spacial score (nSPS) is 19.0. The second kappa shape index (κ2) is 10.9. The van der Waals surface area contributed by atoms with Crippen LogP contribution < -0.4 is 15.0 Å². The maximum Gasteiger partial charge on any atom is 0.257 e. The second-order valence-electron chi connectivity index (χ2n) is 8.36. The summed E-state index contributed by atoms with van der Waals surface area (Å²) in [5, 5.41) is 18.8. The maximum atomic E-state index is 11.4. The topological polar surface area (TPSA) is 94.8 Å². The highest BCUT2D eigenvalue weighted by Crippen LogP contribution is 2.40. The molecule has 1 aliphatic carbocycles. The highest BCUT2D eigenvalue weighted by atomic mass is 35.5. The van der Waals surface area contributed by atoms with Gasteiger partial charge >= 0.3 is 0 Å². The van der Waals surface area contributed by atoms with E-state index >= 15 is 0 Å². The van der Waals surface area contributed by atoms with E-state index in [1.54, 1.807) is 5.48 Å². The van der Waals surface area contributed by atoms with Crippen molar-refractivity contribution in [2.75, 3.05) is 19.6 Å². The fraction of sp³-hybridized carbons (Fsp3) is 0.636. The molecule has 1 saturated carbocycles. The van der Waals surface area contributed by atoms with E-state index in [0.29, 0.717) is 25.9 Å². The van der Waals surface area contributed by atoms with Crippen LogP contribution in [0.2, 0.25) is 0 Å². The average molecular weight is 438 g/mol.